The van der Waals surface area contributed by atoms with Crippen LogP contribution in [0.25, 0.3) is 0 Å². The first-order valence-corrected chi connectivity index (χ1v) is 12.6. The molecule has 1 aliphatic rings. The van der Waals surface area contributed by atoms with Crippen molar-refractivity contribution in [2.75, 3.05) is 0 Å². The minimum Gasteiger partial charge on any atom is -1.00 e. The molecule has 11 heteroatoms. The van der Waals surface area contributed by atoms with E-state index in [9.17, 15) is 18.6 Å². The van der Waals surface area contributed by atoms with E-state index in [1.807, 2.05) is 0 Å². The smallest absolute Gasteiger partial charge is 1.00 e. The van der Waals surface area contributed by atoms with Crippen molar-refractivity contribution in [2.45, 2.75) is 10.5 Å². The Morgan fingerprint density at radius 1 is 0.800 bits per heavy atom. The minimum absolute atomic E-state index is 0. The van der Waals surface area contributed by atoms with Gasteiger partial charge in [0.05, 0.1) is 17.9 Å². The summed E-state index contributed by atoms with van der Waals surface area (Å²) in [5.74, 6) is -0.0442. The number of halogens is 4. The summed E-state index contributed by atoms with van der Waals surface area (Å²) in [7, 11) is -4.07. The van der Waals surface area contributed by atoms with Gasteiger partial charge in [-0.15, -0.1) is 0 Å². The van der Waals surface area contributed by atoms with E-state index in [0.29, 0.717) is 34.6 Å². The van der Waals surface area contributed by atoms with Gasteiger partial charge in [-0.05, 0) is 105 Å². The second-order valence-electron chi connectivity index (χ2n) is 6.29. The molecule has 3 aromatic rings. The maximum atomic E-state index is 12.9. The number of fused-ring (bicyclic) bond motifs is 1. The first-order chi connectivity index (χ1) is 13.6. The SMILES string of the molecule is O=S1(=O)OC(c2cc(Br)c(O)c(Br)c2)(c2cc(Br)c(O)c(Br)c2)c2ccccc21.[H-].[Na+]. The van der Waals surface area contributed by atoms with Gasteiger partial charge < -0.3 is 11.6 Å². The van der Waals surface area contributed by atoms with Gasteiger partial charge in [-0.3, -0.25) is 0 Å². The van der Waals surface area contributed by atoms with Gasteiger partial charge in [0.15, 0.2) is 5.60 Å². The van der Waals surface area contributed by atoms with Gasteiger partial charge in [-0.2, -0.15) is 8.42 Å². The third-order valence-electron chi connectivity index (χ3n) is 4.62. The van der Waals surface area contributed by atoms with Crippen LogP contribution in [0.3, 0.4) is 0 Å². The number of benzene rings is 3. The Morgan fingerprint density at radius 2 is 1.20 bits per heavy atom. The average molecular weight is 694 g/mol. The number of hydrogen-bond donors (Lipinski definition) is 2. The Bertz CT molecular complexity index is 1180. The second kappa shape index (κ2) is 8.79. The van der Waals surface area contributed by atoms with Crippen LogP contribution >= 0.6 is 63.7 Å². The Balaban J connectivity index is 0.00000171. The summed E-state index contributed by atoms with van der Waals surface area (Å²) in [6.07, 6.45) is 0. The summed E-state index contributed by atoms with van der Waals surface area (Å²) in [5.41, 5.74) is -0.180. The normalized spacial score (nSPS) is 16.0. The van der Waals surface area contributed by atoms with E-state index < -0.39 is 15.7 Å². The van der Waals surface area contributed by atoms with Crippen molar-refractivity contribution in [2.24, 2.45) is 0 Å². The Morgan fingerprint density at radius 3 is 1.63 bits per heavy atom. The molecule has 4 rings (SSSR count). The van der Waals surface area contributed by atoms with Crippen LogP contribution in [0.5, 0.6) is 11.5 Å². The van der Waals surface area contributed by atoms with Gasteiger partial charge in [-0.1, -0.05) is 18.2 Å². The van der Waals surface area contributed by atoms with Crippen LogP contribution < -0.4 is 29.6 Å². The summed E-state index contributed by atoms with van der Waals surface area (Å²) < 4.78 is 33.1. The third kappa shape index (κ3) is 3.86. The van der Waals surface area contributed by atoms with E-state index in [4.69, 9.17) is 4.18 Å². The van der Waals surface area contributed by atoms with Crippen LogP contribution in [0.2, 0.25) is 0 Å². The Kier molecular flexibility index (Phi) is 7.25. The van der Waals surface area contributed by atoms with Crippen LogP contribution in [0.15, 0.2) is 71.3 Å². The summed E-state index contributed by atoms with van der Waals surface area (Å²) in [5, 5.41) is 20.3. The molecule has 0 aliphatic carbocycles. The molecule has 0 atom stereocenters. The predicted octanol–water partition coefficient (Wildman–Crippen LogP) is 3.28. The molecule has 2 N–H and O–H groups in total. The first kappa shape index (κ1) is 24.7. The maximum Gasteiger partial charge on any atom is 1.00 e. The van der Waals surface area contributed by atoms with Crippen molar-refractivity contribution in [1.29, 1.82) is 0 Å². The average Bonchev–Trinajstić information content (AvgIpc) is 2.92. The molecule has 0 aromatic heterocycles. The molecule has 0 amide bonds. The molecule has 0 saturated carbocycles. The van der Waals surface area contributed by atoms with Crippen LogP contribution in [0, 0.1) is 0 Å². The molecular weight excluding hydrogens is 683 g/mol. The zero-order chi connectivity index (χ0) is 21.1. The van der Waals surface area contributed by atoms with E-state index in [0.717, 1.165) is 0 Å². The zero-order valence-electron chi connectivity index (χ0n) is 16.2. The topological polar surface area (TPSA) is 83.8 Å². The number of hydrogen-bond acceptors (Lipinski definition) is 5. The zero-order valence-corrected chi connectivity index (χ0v) is 24.3. The van der Waals surface area contributed by atoms with Crippen molar-refractivity contribution in [1.82, 2.24) is 0 Å². The van der Waals surface area contributed by atoms with Gasteiger partial charge in [0, 0.05) is 5.56 Å². The molecule has 152 valence electrons. The van der Waals surface area contributed by atoms with Crippen LogP contribution in [-0.4, -0.2) is 18.6 Å². The van der Waals surface area contributed by atoms with Crippen molar-refractivity contribution in [3.63, 3.8) is 0 Å². The molecule has 0 spiro atoms. The van der Waals surface area contributed by atoms with Crippen molar-refractivity contribution in [3.8, 4) is 11.5 Å². The molecule has 0 bridgehead atoms. The monoisotopic (exact) mass is 690 g/mol. The third-order valence-corrected chi connectivity index (χ3v) is 8.40. The summed E-state index contributed by atoms with van der Waals surface area (Å²) in [6, 6.07) is 12.9. The predicted molar refractivity (Wildman–Crippen MR) is 123 cm³/mol. The van der Waals surface area contributed by atoms with E-state index >= 15 is 0 Å². The standard InChI is InChI=1S/C19H10Br4O5S.Na.H/c20-12-5-9(6-13(21)17(12)24)19(10-7-14(22)18(25)15(23)8-10)11-3-1-2-4-16(11)29(26,27)28-19;;/h1-8,24-25H;;/q;+1;-1. The Labute approximate surface area is 230 Å². The molecular formula is C19H11Br4NaO5S. The van der Waals surface area contributed by atoms with E-state index in [2.05, 4.69) is 63.7 Å². The number of rotatable bonds is 2. The fraction of sp³-hybridized carbons (Fsp3) is 0.0526. The number of aromatic hydroxyl groups is 2. The fourth-order valence-corrected chi connectivity index (χ4v) is 7.14. The molecule has 5 nitrogen and oxygen atoms in total. The maximum absolute atomic E-state index is 12.9. The molecule has 0 saturated heterocycles. The van der Waals surface area contributed by atoms with Crippen molar-refractivity contribution < 1.29 is 53.8 Å². The largest absolute Gasteiger partial charge is 1.00 e. The fourth-order valence-electron chi connectivity index (χ4n) is 3.34. The van der Waals surface area contributed by atoms with Crippen LogP contribution in [-0.2, 0) is 19.9 Å². The molecule has 1 heterocycles. The van der Waals surface area contributed by atoms with Crippen LogP contribution in [0.1, 0.15) is 18.1 Å². The van der Waals surface area contributed by atoms with Gasteiger partial charge >= 0.3 is 29.6 Å². The number of phenols is 2. The van der Waals surface area contributed by atoms with Gasteiger partial charge in [-0.25, -0.2) is 4.18 Å². The first-order valence-electron chi connectivity index (χ1n) is 8.00. The molecule has 1 aliphatic heterocycles. The minimum atomic E-state index is -4.07. The quantitative estimate of drug-likeness (QED) is 0.318. The molecule has 0 fully saturated rings. The summed E-state index contributed by atoms with van der Waals surface area (Å²) in [6.45, 7) is 0. The van der Waals surface area contributed by atoms with E-state index in [-0.39, 0.29) is 47.4 Å². The van der Waals surface area contributed by atoms with Gasteiger partial charge in [0.1, 0.15) is 16.4 Å². The van der Waals surface area contributed by atoms with Gasteiger partial charge in [0.2, 0.25) is 0 Å². The summed E-state index contributed by atoms with van der Waals surface area (Å²) in [4.78, 5) is 0.0561. The molecule has 0 unspecified atom stereocenters. The molecule has 3 aromatic carbocycles. The Hall–Kier alpha value is 0.0900. The summed E-state index contributed by atoms with van der Waals surface area (Å²) >= 11 is 13.2. The second-order valence-corrected chi connectivity index (χ2v) is 11.2. The van der Waals surface area contributed by atoms with Crippen molar-refractivity contribution >= 4 is 73.8 Å². The molecule has 0 radical (unpaired) electrons. The van der Waals surface area contributed by atoms with E-state index in [1.54, 1.807) is 42.5 Å². The number of phenolic OH excluding ortho intramolecular Hbond substituents is 2. The van der Waals surface area contributed by atoms with E-state index in [1.165, 1.54) is 6.07 Å². The van der Waals surface area contributed by atoms with Gasteiger partial charge in [0.25, 0.3) is 10.1 Å². The van der Waals surface area contributed by atoms with Crippen molar-refractivity contribution in [3.05, 3.63) is 83.1 Å². The van der Waals surface area contributed by atoms with Crippen LogP contribution in [0.4, 0.5) is 0 Å². The molecule has 30 heavy (non-hydrogen) atoms.